The minimum absolute atomic E-state index is 0.252. The van der Waals surface area contributed by atoms with E-state index in [1.807, 2.05) is 0 Å². The Bertz CT molecular complexity index is 873. The highest BCUT2D eigenvalue weighted by atomic mass is 19.2. The smallest absolute Gasteiger partial charge is 0.251 e. The van der Waals surface area contributed by atoms with Crippen molar-refractivity contribution in [2.24, 2.45) is 0 Å². The fourth-order valence-electron chi connectivity index (χ4n) is 2.57. The molecule has 150 valence electrons. The molecule has 2 rings (SSSR count). The van der Waals surface area contributed by atoms with E-state index in [1.165, 1.54) is 38.3 Å². The third-order valence-electron chi connectivity index (χ3n) is 4.45. The quantitative estimate of drug-likeness (QED) is 0.787. The molecule has 1 unspecified atom stereocenters. The molecule has 2 aromatic rings. The Morgan fingerprint density at radius 3 is 2.32 bits per heavy atom. The minimum Gasteiger partial charge on any atom is -0.493 e. The van der Waals surface area contributed by atoms with Crippen molar-refractivity contribution < 1.29 is 27.8 Å². The molecule has 0 saturated carbocycles. The second kappa shape index (κ2) is 9.16. The van der Waals surface area contributed by atoms with Crippen molar-refractivity contribution in [1.82, 2.24) is 10.2 Å². The summed E-state index contributed by atoms with van der Waals surface area (Å²) in [6, 6.07) is 7.62. The second-order valence-corrected chi connectivity index (χ2v) is 6.11. The Kier molecular flexibility index (Phi) is 6.92. The molecule has 0 saturated heterocycles. The van der Waals surface area contributed by atoms with Gasteiger partial charge in [-0.3, -0.25) is 9.59 Å². The maximum Gasteiger partial charge on any atom is 0.251 e. The standard InChI is InChI=1S/C20H22F2N2O4/c1-12(13-5-7-15(21)16(22)9-13)24(2)19(25)11-23-20(26)14-6-8-17(27-3)18(10-14)28-4/h5-10,12H,11H2,1-4H3,(H,23,26). The van der Waals surface area contributed by atoms with E-state index in [0.717, 1.165) is 12.1 Å². The van der Waals surface area contributed by atoms with Crippen LogP contribution in [0.15, 0.2) is 36.4 Å². The Morgan fingerprint density at radius 2 is 1.71 bits per heavy atom. The van der Waals surface area contributed by atoms with Crippen LogP contribution in [-0.4, -0.2) is 44.5 Å². The molecule has 0 bridgehead atoms. The molecular weight excluding hydrogens is 370 g/mol. The zero-order valence-corrected chi connectivity index (χ0v) is 16.1. The summed E-state index contributed by atoms with van der Waals surface area (Å²) in [6.45, 7) is 1.43. The van der Waals surface area contributed by atoms with Crippen LogP contribution in [0.5, 0.6) is 11.5 Å². The maximum absolute atomic E-state index is 13.4. The zero-order chi connectivity index (χ0) is 20.8. The van der Waals surface area contributed by atoms with Crippen LogP contribution in [0.1, 0.15) is 28.9 Å². The van der Waals surface area contributed by atoms with E-state index in [1.54, 1.807) is 19.1 Å². The molecule has 0 aliphatic heterocycles. The summed E-state index contributed by atoms with van der Waals surface area (Å²) in [7, 11) is 4.47. The third-order valence-corrected chi connectivity index (χ3v) is 4.45. The summed E-state index contributed by atoms with van der Waals surface area (Å²) in [5.74, 6) is -1.89. The molecule has 1 N–H and O–H groups in total. The van der Waals surface area contributed by atoms with Gasteiger partial charge in [-0.1, -0.05) is 6.07 Å². The molecule has 0 heterocycles. The number of carbonyl (C=O) groups excluding carboxylic acids is 2. The van der Waals surface area contributed by atoms with Gasteiger partial charge in [-0.15, -0.1) is 0 Å². The number of amides is 2. The molecular formula is C20H22F2N2O4. The highest BCUT2D eigenvalue weighted by molar-refractivity contribution is 5.97. The number of carbonyl (C=O) groups is 2. The molecule has 0 aliphatic rings. The number of nitrogens with zero attached hydrogens (tertiary/aromatic N) is 1. The lowest BCUT2D eigenvalue weighted by molar-refractivity contribution is -0.130. The average Bonchev–Trinajstić information content (AvgIpc) is 2.71. The Labute approximate surface area is 162 Å². The van der Waals surface area contributed by atoms with Gasteiger partial charge in [0.15, 0.2) is 23.1 Å². The Balaban J connectivity index is 2.00. The number of hydrogen-bond donors (Lipinski definition) is 1. The van der Waals surface area contributed by atoms with E-state index < -0.39 is 23.6 Å². The summed E-state index contributed by atoms with van der Waals surface area (Å²) in [5, 5.41) is 2.53. The predicted octanol–water partition coefficient (Wildman–Crippen LogP) is 2.93. The van der Waals surface area contributed by atoms with E-state index >= 15 is 0 Å². The first-order valence-corrected chi connectivity index (χ1v) is 8.49. The van der Waals surface area contributed by atoms with Gasteiger partial charge in [0.25, 0.3) is 5.91 Å². The van der Waals surface area contributed by atoms with E-state index in [2.05, 4.69) is 5.32 Å². The Morgan fingerprint density at radius 1 is 1.04 bits per heavy atom. The lowest BCUT2D eigenvalue weighted by Gasteiger charge is -2.25. The Hall–Kier alpha value is -3.16. The summed E-state index contributed by atoms with van der Waals surface area (Å²) in [4.78, 5) is 26.0. The fraction of sp³-hybridized carbons (Fsp3) is 0.300. The first-order valence-electron chi connectivity index (χ1n) is 8.49. The molecule has 6 nitrogen and oxygen atoms in total. The van der Waals surface area contributed by atoms with Crippen LogP contribution in [-0.2, 0) is 4.79 Å². The van der Waals surface area contributed by atoms with Gasteiger partial charge in [-0.2, -0.15) is 0 Å². The minimum atomic E-state index is -0.980. The molecule has 0 fully saturated rings. The molecule has 0 aliphatic carbocycles. The number of rotatable bonds is 7. The van der Waals surface area contributed by atoms with Crippen molar-refractivity contribution in [3.8, 4) is 11.5 Å². The third kappa shape index (κ3) is 4.76. The number of benzene rings is 2. The average molecular weight is 392 g/mol. The van der Waals surface area contributed by atoms with Gasteiger partial charge < -0.3 is 19.7 Å². The molecule has 28 heavy (non-hydrogen) atoms. The molecule has 2 aromatic carbocycles. The van der Waals surface area contributed by atoms with Gasteiger partial charge in [0.2, 0.25) is 5.91 Å². The van der Waals surface area contributed by atoms with Gasteiger partial charge >= 0.3 is 0 Å². The number of halogens is 2. The lowest BCUT2D eigenvalue weighted by Crippen LogP contribution is -2.39. The van der Waals surface area contributed by atoms with Crippen LogP contribution >= 0.6 is 0 Å². The highest BCUT2D eigenvalue weighted by Crippen LogP contribution is 2.27. The zero-order valence-electron chi connectivity index (χ0n) is 16.1. The van der Waals surface area contributed by atoms with Gasteiger partial charge in [-0.05, 0) is 42.8 Å². The van der Waals surface area contributed by atoms with Crippen LogP contribution in [0.4, 0.5) is 8.78 Å². The summed E-state index contributed by atoms with van der Waals surface area (Å²) < 4.78 is 36.8. The largest absolute Gasteiger partial charge is 0.493 e. The molecule has 0 spiro atoms. The lowest BCUT2D eigenvalue weighted by atomic mass is 10.1. The molecule has 2 amide bonds. The van der Waals surface area contributed by atoms with Crippen LogP contribution in [0.3, 0.4) is 0 Å². The van der Waals surface area contributed by atoms with Crippen LogP contribution in [0, 0.1) is 11.6 Å². The number of likely N-dealkylation sites (N-methyl/N-ethyl adjacent to an activating group) is 1. The number of methoxy groups -OCH3 is 2. The van der Waals surface area contributed by atoms with Crippen molar-refractivity contribution in [3.63, 3.8) is 0 Å². The molecule has 0 radical (unpaired) electrons. The predicted molar refractivity (Wildman–Crippen MR) is 99.4 cm³/mol. The normalized spacial score (nSPS) is 11.5. The van der Waals surface area contributed by atoms with Gasteiger partial charge in [-0.25, -0.2) is 8.78 Å². The number of ether oxygens (including phenoxy) is 2. The first-order chi connectivity index (χ1) is 13.3. The van der Waals surface area contributed by atoms with E-state index in [4.69, 9.17) is 9.47 Å². The van der Waals surface area contributed by atoms with Gasteiger partial charge in [0, 0.05) is 12.6 Å². The van der Waals surface area contributed by atoms with Crippen LogP contribution < -0.4 is 14.8 Å². The molecule has 0 aromatic heterocycles. The maximum atomic E-state index is 13.4. The second-order valence-electron chi connectivity index (χ2n) is 6.11. The van der Waals surface area contributed by atoms with E-state index in [9.17, 15) is 18.4 Å². The summed E-state index contributed by atoms with van der Waals surface area (Å²) >= 11 is 0. The van der Waals surface area contributed by atoms with Crippen molar-refractivity contribution in [2.45, 2.75) is 13.0 Å². The van der Waals surface area contributed by atoms with Gasteiger partial charge in [0.1, 0.15) is 0 Å². The van der Waals surface area contributed by atoms with Crippen molar-refractivity contribution in [2.75, 3.05) is 27.8 Å². The van der Waals surface area contributed by atoms with Crippen molar-refractivity contribution >= 4 is 11.8 Å². The molecule has 1 atom stereocenters. The SMILES string of the molecule is COc1ccc(C(=O)NCC(=O)N(C)C(C)c2ccc(F)c(F)c2)cc1OC. The van der Waals surface area contributed by atoms with E-state index in [-0.39, 0.29) is 12.5 Å². The number of nitrogens with one attached hydrogen (secondary N) is 1. The van der Waals surface area contributed by atoms with Crippen LogP contribution in [0.2, 0.25) is 0 Å². The van der Waals surface area contributed by atoms with Crippen molar-refractivity contribution in [3.05, 3.63) is 59.2 Å². The number of hydrogen-bond acceptors (Lipinski definition) is 4. The monoisotopic (exact) mass is 392 g/mol. The highest BCUT2D eigenvalue weighted by Gasteiger charge is 2.20. The van der Waals surface area contributed by atoms with Crippen LogP contribution in [0.25, 0.3) is 0 Å². The fourth-order valence-corrected chi connectivity index (χ4v) is 2.57. The topological polar surface area (TPSA) is 67.9 Å². The summed E-state index contributed by atoms with van der Waals surface area (Å²) in [5.41, 5.74) is 0.753. The van der Waals surface area contributed by atoms with E-state index in [0.29, 0.717) is 22.6 Å². The summed E-state index contributed by atoms with van der Waals surface area (Å²) in [6.07, 6.45) is 0. The first kappa shape index (κ1) is 21.1. The molecule has 8 heteroatoms. The van der Waals surface area contributed by atoms with Crippen molar-refractivity contribution in [1.29, 1.82) is 0 Å². The van der Waals surface area contributed by atoms with Gasteiger partial charge in [0.05, 0.1) is 26.8 Å².